The van der Waals surface area contributed by atoms with Gasteiger partial charge in [0.1, 0.15) is 4.60 Å². The number of aromatic nitrogens is 1. The number of nitrogens with one attached hydrogen (secondary N) is 1. The lowest BCUT2D eigenvalue weighted by molar-refractivity contribution is 0.0423. The molecule has 1 amide bonds. The molecule has 4 nitrogen and oxygen atoms in total. The standard InChI is InChI=1S/C12H15BrN2O2/c1-12(3-6-17-7-4-12)15-11(16)9-2-5-14-10(13)8-9/h2,5,8H,3-4,6-7H2,1H3,(H,15,16). The summed E-state index contributed by atoms with van der Waals surface area (Å²) in [6.07, 6.45) is 3.32. The van der Waals surface area contributed by atoms with Crippen molar-refractivity contribution in [3.63, 3.8) is 0 Å². The third-order valence-electron chi connectivity index (χ3n) is 3.00. The largest absolute Gasteiger partial charge is 0.381 e. The molecule has 0 bridgehead atoms. The molecule has 1 fully saturated rings. The van der Waals surface area contributed by atoms with Gasteiger partial charge < -0.3 is 10.1 Å². The van der Waals surface area contributed by atoms with Crippen LogP contribution in [0.4, 0.5) is 0 Å². The summed E-state index contributed by atoms with van der Waals surface area (Å²) in [5.74, 6) is -0.0579. The molecule has 1 aromatic rings. The van der Waals surface area contributed by atoms with Gasteiger partial charge in [0.25, 0.3) is 5.91 Å². The van der Waals surface area contributed by atoms with Crippen LogP contribution in [0, 0.1) is 0 Å². The Balaban J connectivity index is 2.06. The van der Waals surface area contributed by atoms with Gasteiger partial charge in [-0.2, -0.15) is 0 Å². The average molecular weight is 299 g/mol. The SMILES string of the molecule is CC1(NC(=O)c2ccnc(Br)c2)CCOCC1. The van der Waals surface area contributed by atoms with Gasteiger partial charge in [0.15, 0.2) is 0 Å². The molecule has 0 spiro atoms. The number of nitrogens with zero attached hydrogens (tertiary/aromatic N) is 1. The van der Waals surface area contributed by atoms with Crippen LogP contribution in [0.1, 0.15) is 30.1 Å². The zero-order valence-electron chi connectivity index (χ0n) is 9.70. The van der Waals surface area contributed by atoms with Gasteiger partial charge in [-0.15, -0.1) is 0 Å². The zero-order valence-corrected chi connectivity index (χ0v) is 11.3. The van der Waals surface area contributed by atoms with E-state index in [0.29, 0.717) is 23.4 Å². The van der Waals surface area contributed by atoms with E-state index in [0.717, 1.165) is 12.8 Å². The summed E-state index contributed by atoms with van der Waals surface area (Å²) in [7, 11) is 0. The van der Waals surface area contributed by atoms with Crippen molar-refractivity contribution in [3.8, 4) is 0 Å². The van der Waals surface area contributed by atoms with Crippen molar-refractivity contribution in [2.45, 2.75) is 25.3 Å². The molecule has 0 saturated carbocycles. The second kappa shape index (κ2) is 5.14. The van der Waals surface area contributed by atoms with E-state index in [1.165, 1.54) is 0 Å². The second-order valence-corrected chi connectivity index (χ2v) is 5.31. The summed E-state index contributed by atoms with van der Waals surface area (Å²) in [5, 5.41) is 3.07. The predicted octanol–water partition coefficient (Wildman–Crippen LogP) is 2.14. The number of carbonyl (C=O) groups is 1. The first-order valence-corrected chi connectivity index (χ1v) is 6.40. The molecule has 1 N–H and O–H groups in total. The number of halogens is 1. The summed E-state index contributed by atoms with van der Waals surface area (Å²) in [6, 6.07) is 3.43. The summed E-state index contributed by atoms with van der Waals surface area (Å²) >= 11 is 3.26. The Labute approximate surface area is 109 Å². The van der Waals surface area contributed by atoms with Crippen molar-refractivity contribution in [2.75, 3.05) is 13.2 Å². The van der Waals surface area contributed by atoms with Crippen LogP contribution in [0.15, 0.2) is 22.9 Å². The van der Waals surface area contributed by atoms with E-state index in [9.17, 15) is 4.79 Å². The molecule has 0 unspecified atom stereocenters. The van der Waals surface area contributed by atoms with Crippen molar-refractivity contribution in [2.24, 2.45) is 0 Å². The molecule has 2 heterocycles. The molecule has 0 aliphatic carbocycles. The molecule has 1 saturated heterocycles. The van der Waals surface area contributed by atoms with Gasteiger partial charge in [-0.05, 0) is 47.8 Å². The van der Waals surface area contributed by atoms with Gasteiger partial charge in [0.2, 0.25) is 0 Å². The van der Waals surface area contributed by atoms with Crippen LogP contribution in [0.5, 0.6) is 0 Å². The first kappa shape index (κ1) is 12.5. The molecule has 0 atom stereocenters. The van der Waals surface area contributed by atoms with Crippen LogP contribution in [-0.2, 0) is 4.74 Å². The zero-order chi connectivity index (χ0) is 12.3. The van der Waals surface area contributed by atoms with Crippen LogP contribution in [0.2, 0.25) is 0 Å². The van der Waals surface area contributed by atoms with Crippen LogP contribution in [0.3, 0.4) is 0 Å². The number of hydrogen-bond donors (Lipinski definition) is 1. The minimum Gasteiger partial charge on any atom is -0.381 e. The van der Waals surface area contributed by atoms with Crippen LogP contribution in [0.25, 0.3) is 0 Å². The number of amides is 1. The second-order valence-electron chi connectivity index (χ2n) is 4.49. The van der Waals surface area contributed by atoms with E-state index < -0.39 is 0 Å². The van der Waals surface area contributed by atoms with Crippen molar-refractivity contribution < 1.29 is 9.53 Å². The molecule has 1 aliphatic heterocycles. The maximum Gasteiger partial charge on any atom is 0.251 e. The Kier molecular flexibility index (Phi) is 3.79. The van der Waals surface area contributed by atoms with E-state index in [1.54, 1.807) is 18.3 Å². The Morgan fingerprint density at radius 3 is 2.88 bits per heavy atom. The molecule has 1 aromatic heterocycles. The fourth-order valence-corrected chi connectivity index (χ4v) is 2.20. The van der Waals surface area contributed by atoms with Gasteiger partial charge in [-0.3, -0.25) is 4.79 Å². The van der Waals surface area contributed by atoms with Gasteiger partial charge in [0.05, 0.1) is 0 Å². The molecular formula is C12H15BrN2O2. The van der Waals surface area contributed by atoms with E-state index in [4.69, 9.17) is 4.74 Å². The van der Waals surface area contributed by atoms with Crippen molar-refractivity contribution in [1.29, 1.82) is 0 Å². The molecule has 92 valence electrons. The smallest absolute Gasteiger partial charge is 0.251 e. The Hall–Kier alpha value is -0.940. The lowest BCUT2D eigenvalue weighted by Crippen LogP contribution is -2.49. The Bertz CT molecular complexity index is 417. The summed E-state index contributed by atoms with van der Waals surface area (Å²) < 4.78 is 5.97. The Morgan fingerprint density at radius 1 is 1.53 bits per heavy atom. The van der Waals surface area contributed by atoms with E-state index in [2.05, 4.69) is 33.2 Å². The summed E-state index contributed by atoms with van der Waals surface area (Å²) in [5.41, 5.74) is 0.463. The van der Waals surface area contributed by atoms with Crippen molar-refractivity contribution >= 4 is 21.8 Å². The normalized spacial score (nSPS) is 18.7. The first-order chi connectivity index (χ1) is 8.09. The van der Waals surface area contributed by atoms with Crippen molar-refractivity contribution in [1.82, 2.24) is 10.3 Å². The van der Waals surface area contributed by atoms with Crippen LogP contribution >= 0.6 is 15.9 Å². The molecule has 5 heteroatoms. The fourth-order valence-electron chi connectivity index (χ4n) is 1.84. The fraction of sp³-hybridized carbons (Fsp3) is 0.500. The lowest BCUT2D eigenvalue weighted by atomic mass is 9.92. The first-order valence-electron chi connectivity index (χ1n) is 5.61. The van der Waals surface area contributed by atoms with E-state index in [1.807, 2.05) is 0 Å². The van der Waals surface area contributed by atoms with Crippen LogP contribution < -0.4 is 5.32 Å². The molecule has 0 aromatic carbocycles. The number of ether oxygens (including phenoxy) is 1. The van der Waals surface area contributed by atoms with Gasteiger partial charge in [-0.1, -0.05) is 0 Å². The Morgan fingerprint density at radius 2 is 2.24 bits per heavy atom. The quantitative estimate of drug-likeness (QED) is 0.851. The summed E-state index contributed by atoms with van der Waals surface area (Å²) in [4.78, 5) is 16.1. The maximum absolute atomic E-state index is 12.1. The average Bonchev–Trinajstić information content (AvgIpc) is 2.29. The van der Waals surface area contributed by atoms with Gasteiger partial charge in [0, 0.05) is 30.5 Å². The molecule has 17 heavy (non-hydrogen) atoms. The topological polar surface area (TPSA) is 51.2 Å². The van der Waals surface area contributed by atoms with Crippen LogP contribution in [-0.4, -0.2) is 29.6 Å². The number of carbonyl (C=O) groups excluding carboxylic acids is 1. The minimum absolute atomic E-state index is 0.0579. The van der Waals surface area contributed by atoms with E-state index >= 15 is 0 Å². The third kappa shape index (κ3) is 3.26. The highest BCUT2D eigenvalue weighted by Gasteiger charge is 2.29. The lowest BCUT2D eigenvalue weighted by Gasteiger charge is -2.34. The third-order valence-corrected chi connectivity index (χ3v) is 3.43. The number of rotatable bonds is 2. The van der Waals surface area contributed by atoms with Gasteiger partial charge >= 0.3 is 0 Å². The van der Waals surface area contributed by atoms with Crippen molar-refractivity contribution in [3.05, 3.63) is 28.5 Å². The number of pyridine rings is 1. The molecule has 0 radical (unpaired) electrons. The number of hydrogen-bond acceptors (Lipinski definition) is 3. The maximum atomic E-state index is 12.1. The molecule has 1 aliphatic rings. The molecular weight excluding hydrogens is 284 g/mol. The highest BCUT2D eigenvalue weighted by atomic mass is 79.9. The highest BCUT2D eigenvalue weighted by molar-refractivity contribution is 9.10. The van der Waals surface area contributed by atoms with E-state index in [-0.39, 0.29) is 11.4 Å². The van der Waals surface area contributed by atoms with Gasteiger partial charge in [-0.25, -0.2) is 4.98 Å². The molecule has 2 rings (SSSR count). The highest BCUT2D eigenvalue weighted by Crippen LogP contribution is 2.20. The summed E-state index contributed by atoms with van der Waals surface area (Å²) in [6.45, 7) is 3.47. The monoisotopic (exact) mass is 298 g/mol. The minimum atomic E-state index is -0.162. The predicted molar refractivity (Wildman–Crippen MR) is 67.9 cm³/mol.